The Morgan fingerprint density at radius 3 is 2.71 bits per heavy atom. The Balaban J connectivity index is 1.15. The molecule has 1 aliphatic heterocycles. The number of amides is 1. The number of piperidine rings is 1. The number of carbonyl (C=O) groups excluding carboxylic acids is 1. The smallest absolute Gasteiger partial charge is 0.309 e. The van der Waals surface area contributed by atoms with E-state index >= 15 is 0 Å². The number of carboxylic acid groups (broad SMARTS) is 1. The van der Waals surface area contributed by atoms with Crippen LogP contribution in [0.1, 0.15) is 71.1 Å². The third-order valence-electron chi connectivity index (χ3n) is 8.64. The lowest BCUT2D eigenvalue weighted by Crippen LogP contribution is -2.46. The summed E-state index contributed by atoms with van der Waals surface area (Å²) in [6.45, 7) is 3.93. The van der Waals surface area contributed by atoms with Gasteiger partial charge in [-0.15, -0.1) is 0 Å². The van der Waals surface area contributed by atoms with E-state index in [0.717, 1.165) is 64.3 Å². The zero-order chi connectivity index (χ0) is 26.6. The molecule has 3 heterocycles. The summed E-state index contributed by atoms with van der Waals surface area (Å²) < 4.78 is 11.8. The van der Waals surface area contributed by atoms with Crippen LogP contribution >= 0.6 is 0 Å². The van der Waals surface area contributed by atoms with E-state index in [2.05, 4.69) is 25.2 Å². The normalized spacial score (nSPS) is 26.6. The summed E-state index contributed by atoms with van der Waals surface area (Å²) in [7, 11) is 0. The lowest BCUT2D eigenvalue weighted by Gasteiger charge is -2.51. The highest BCUT2D eigenvalue weighted by Crippen LogP contribution is 2.58. The molecule has 2 aromatic heterocycles. The van der Waals surface area contributed by atoms with Crippen molar-refractivity contribution in [3.63, 3.8) is 0 Å². The first-order valence-electron chi connectivity index (χ1n) is 13.8. The van der Waals surface area contributed by atoms with Crippen molar-refractivity contribution >= 4 is 23.5 Å². The van der Waals surface area contributed by atoms with Gasteiger partial charge in [0.1, 0.15) is 11.9 Å². The molecule has 0 radical (unpaired) electrons. The van der Waals surface area contributed by atoms with Gasteiger partial charge < -0.3 is 24.8 Å². The summed E-state index contributed by atoms with van der Waals surface area (Å²) >= 11 is 0. The molecule has 4 aliphatic rings. The second kappa shape index (κ2) is 11.1. The second-order valence-corrected chi connectivity index (χ2v) is 11.0. The maximum Gasteiger partial charge on any atom is 0.309 e. The van der Waals surface area contributed by atoms with Crippen LogP contribution in [-0.2, 0) is 9.59 Å². The molecular weight excluding hydrogens is 486 g/mol. The van der Waals surface area contributed by atoms with Gasteiger partial charge in [0.05, 0.1) is 31.0 Å². The minimum atomic E-state index is -0.652. The summed E-state index contributed by atoms with van der Waals surface area (Å²) in [5.74, 6) is 1.54. The molecule has 1 saturated heterocycles. The van der Waals surface area contributed by atoms with Gasteiger partial charge in [0.25, 0.3) is 5.88 Å². The molecule has 10 nitrogen and oxygen atoms in total. The summed E-state index contributed by atoms with van der Waals surface area (Å²) in [5, 5.41) is 12.5. The third-order valence-corrected chi connectivity index (χ3v) is 8.64. The summed E-state index contributed by atoms with van der Waals surface area (Å²) in [5.41, 5.74) is -0.428. The van der Waals surface area contributed by atoms with Gasteiger partial charge in [-0.25, -0.2) is 9.97 Å². The molecule has 0 spiro atoms. The maximum absolute atomic E-state index is 12.8. The number of anilines is 2. The first-order chi connectivity index (χ1) is 18.4. The Hall–Kier alpha value is -3.43. The van der Waals surface area contributed by atoms with Gasteiger partial charge in [-0.2, -0.15) is 0 Å². The van der Waals surface area contributed by atoms with Crippen LogP contribution in [0.25, 0.3) is 0 Å². The number of fused-ring (bicyclic) bond motifs is 3. The standard InChI is InChI=1S/C28H37N5O5/c1-2-37-21-6-3-15-30-25(21)38-20-5-4-16-33(19-20)23-18-29-17-22(31-23)32-24(34)7-8-27-9-12-28(13-10-27,14-11-27)26(35)36/h3,6,15,17-18,20H,2,4-5,7-14,16,19H2,1H3,(H,35,36)(H,31,32,34)/t20-,27?,28?/m1/s1. The highest BCUT2D eigenvalue weighted by Gasteiger charge is 2.52. The Labute approximate surface area is 223 Å². The quantitative estimate of drug-likeness (QED) is 0.464. The van der Waals surface area contributed by atoms with E-state index in [1.165, 1.54) is 0 Å². The van der Waals surface area contributed by atoms with Gasteiger partial charge in [0, 0.05) is 19.2 Å². The van der Waals surface area contributed by atoms with Crippen molar-refractivity contribution in [2.75, 3.05) is 29.9 Å². The zero-order valence-electron chi connectivity index (χ0n) is 22.0. The summed E-state index contributed by atoms with van der Waals surface area (Å²) in [6, 6.07) is 3.68. The fraction of sp³-hybridized carbons (Fsp3) is 0.607. The van der Waals surface area contributed by atoms with Crippen LogP contribution in [0.15, 0.2) is 30.7 Å². The molecule has 0 aromatic carbocycles. The molecule has 1 amide bonds. The second-order valence-electron chi connectivity index (χ2n) is 11.0. The molecule has 204 valence electrons. The van der Waals surface area contributed by atoms with Gasteiger partial charge in [-0.3, -0.25) is 14.6 Å². The van der Waals surface area contributed by atoms with Crippen molar-refractivity contribution in [1.29, 1.82) is 0 Å². The Bertz CT molecular complexity index is 1130. The molecule has 3 aliphatic carbocycles. The van der Waals surface area contributed by atoms with E-state index in [9.17, 15) is 14.7 Å². The molecular formula is C28H37N5O5. The highest BCUT2D eigenvalue weighted by molar-refractivity contribution is 5.89. The number of nitrogens with zero attached hydrogens (tertiary/aromatic N) is 4. The van der Waals surface area contributed by atoms with Crippen molar-refractivity contribution in [3.05, 3.63) is 30.7 Å². The monoisotopic (exact) mass is 523 g/mol. The van der Waals surface area contributed by atoms with Crippen molar-refractivity contribution < 1.29 is 24.2 Å². The predicted octanol–water partition coefficient (Wildman–Crippen LogP) is 4.46. The minimum absolute atomic E-state index is 0.0667. The van der Waals surface area contributed by atoms with Crippen LogP contribution in [0.3, 0.4) is 0 Å². The van der Waals surface area contributed by atoms with Crippen LogP contribution in [0.4, 0.5) is 11.6 Å². The van der Waals surface area contributed by atoms with Crippen LogP contribution < -0.4 is 19.7 Å². The zero-order valence-corrected chi connectivity index (χ0v) is 22.0. The molecule has 4 fully saturated rings. The van der Waals surface area contributed by atoms with Crippen molar-refractivity contribution in [1.82, 2.24) is 15.0 Å². The molecule has 0 unspecified atom stereocenters. The van der Waals surface area contributed by atoms with E-state index in [1.807, 2.05) is 19.1 Å². The van der Waals surface area contributed by atoms with Crippen LogP contribution in [-0.4, -0.2) is 57.7 Å². The number of pyridine rings is 1. The van der Waals surface area contributed by atoms with Gasteiger partial charge in [0.2, 0.25) is 5.91 Å². The molecule has 6 rings (SSSR count). The molecule has 2 N–H and O–H groups in total. The molecule has 38 heavy (non-hydrogen) atoms. The average molecular weight is 524 g/mol. The van der Waals surface area contributed by atoms with Gasteiger partial charge in [-0.05, 0) is 82.3 Å². The Morgan fingerprint density at radius 2 is 1.97 bits per heavy atom. The highest BCUT2D eigenvalue weighted by atomic mass is 16.5. The Morgan fingerprint density at radius 1 is 1.18 bits per heavy atom. The number of aromatic nitrogens is 3. The Kier molecular flexibility index (Phi) is 7.67. The average Bonchev–Trinajstić information content (AvgIpc) is 2.94. The molecule has 3 saturated carbocycles. The first-order valence-corrected chi connectivity index (χ1v) is 13.8. The van der Waals surface area contributed by atoms with Gasteiger partial charge in [0.15, 0.2) is 11.6 Å². The number of rotatable bonds is 10. The topological polar surface area (TPSA) is 127 Å². The van der Waals surface area contributed by atoms with Crippen molar-refractivity contribution in [2.45, 2.75) is 77.2 Å². The van der Waals surface area contributed by atoms with Crippen molar-refractivity contribution in [2.24, 2.45) is 10.8 Å². The number of aliphatic carboxylic acids is 1. The number of carboxylic acids is 1. The van der Waals surface area contributed by atoms with Crippen LogP contribution in [0, 0.1) is 10.8 Å². The minimum Gasteiger partial charge on any atom is -0.488 e. The van der Waals surface area contributed by atoms with E-state index in [0.29, 0.717) is 42.8 Å². The van der Waals surface area contributed by atoms with Gasteiger partial charge in [-0.1, -0.05) is 0 Å². The summed E-state index contributed by atoms with van der Waals surface area (Å²) in [4.78, 5) is 39.9. The lowest BCUT2D eigenvalue weighted by atomic mass is 9.52. The first kappa shape index (κ1) is 26.2. The number of carbonyl (C=O) groups is 2. The number of hydrogen-bond acceptors (Lipinski definition) is 8. The number of nitrogens with one attached hydrogen (secondary N) is 1. The van der Waals surface area contributed by atoms with Crippen LogP contribution in [0.2, 0.25) is 0 Å². The predicted molar refractivity (Wildman–Crippen MR) is 141 cm³/mol. The SMILES string of the molecule is CCOc1cccnc1O[C@@H]1CCCN(c2cncc(NC(=O)CCC34CCC(C(=O)O)(CC3)CC4)n2)C1. The van der Waals surface area contributed by atoms with Gasteiger partial charge >= 0.3 is 5.97 Å². The van der Waals surface area contributed by atoms with Crippen molar-refractivity contribution in [3.8, 4) is 11.6 Å². The third kappa shape index (κ3) is 5.68. The summed E-state index contributed by atoms with van der Waals surface area (Å²) in [6.07, 6.45) is 12.8. The maximum atomic E-state index is 12.8. The molecule has 2 aromatic rings. The van der Waals surface area contributed by atoms with E-state index in [4.69, 9.17) is 9.47 Å². The number of ether oxygens (including phenoxy) is 2. The fourth-order valence-electron chi connectivity index (χ4n) is 6.24. The molecule has 1 atom stereocenters. The molecule has 10 heteroatoms. The van der Waals surface area contributed by atoms with E-state index < -0.39 is 11.4 Å². The molecule has 2 bridgehead atoms. The lowest BCUT2D eigenvalue weighted by molar-refractivity contribution is -0.159. The largest absolute Gasteiger partial charge is 0.488 e. The van der Waals surface area contributed by atoms with E-state index in [1.54, 1.807) is 18.6 Å². The number of hydrogen-bond donors (Lipinski definition) is 2. The fourth-order valence-corrected chi connectivity index (χ4v) is 6.24. The van der Waals surface area contributed by atoms with E-state index in [-0.39, 0.29) is 17.4 Å². The van der Waals surface area contributed by atoms with Crippen LogP contribution in [0.5, 0.6) is 11.6 Å².